The van der Waals surface area contributed by atoms with Gasteiger partial charge in [0.2, 0.25) is 0 Å². The van der Waals surface area contributed by atoms with Crippen molar-refractivity contribution in [1.82, 2.24) is 9.97 Å². The third kappa shape index (κ3) is 2.78. The van der Waals surface area contributed by atoms with E-state index in [0.29, 0.717) is 22.5 Å². The minimum Gasteiger partial charge on any atom is -0.394 e. The average molecular weight is 351 g/mol. The molecule has 7 heteroatoms. The number of hydrogen-bond acceptors (Lipinski definition) is 5. The van der Waals surface area contributed by atoms with Gasteiger partial charge in [-0.1, -0.05) is 0 Å². The Hall–Kier alpha value is -0.670. The highest BCUT2D eigenvalue weighted by atomic mass is 127. The number of halogens is 1. The van der Waals surface area contributed by atoms with Crippen molar-refractivity contribution < 1.29 is 9.84 Å². The molecule has 1 fully saturated rings. The van der Waals surface area contributed by atoms with Crippen LogP contribution in [0.3, 0.4) is 0 Å². The Bertz CT molecular complexity index is 451. The Morgan fingerprint density at radius 3 is 3.18 bits per heavy atom. The number of aromatic nitrogens is 2. The van der Waals surface area contributed by atoms with Crippen LogP contribution in [0, 0.1) is 3.57 Å². The Morgan fingerprint density at radius 2 is 2.47 bits per heavy atom. The lowest BCUT2D eigenvalue weighted by molar-refractivity contribution is -0.0423. The molecule has 2 unspecified atom stereocenters. The minimum absolute atomic E-state index is 0.0118. The van der Waals surface area contributed by atoms with E-state index in [2.05, 4.69) is 9.97 Å². The van der Waals surface area contributed by atoms with E-state index >= 15 is 0 Å². The number of rotatable bonds is 2. The summed E-state index contributed by atoms with van der Waals surface area (Å²) in [4.78, 5) is 20.2. The lowest BCUT2D eigenvalue weighted by atomic mass is 10.2. The van der Waals surface area contributed by atoms with Crippen LogP contribution in [0.25, 0.3) is 0 Å². The predicted octanol–water partition coefficient (Wildman–Crippen LogP) is -0.0395. The van der Waals surface area contributed by atoms with E-state index in [-0.39, 0.29) is 24.4 Å². The second-order valence-electron chi connectivity index (χ2n) is 4.03. The molecule has 0 radical (unpaired) electrons. The van der Waals surface area contributed by atoms with E-state index in [1.54, 1.807) is 0 Å². The number of anilines is 1. The summed E-state index contributed by atoms with van der Waals surface area (Å²) in [6, 6.07) is 0. The molecule has 0 saturated carbocycles. The van der Waals surface area contributed by atoms with E-state index < -0.39 is 0 Å². The van der Waals surface area contributed by atoms with Gasteiger partial charge in [0.1, 0.15) is 9.39 Å². The number of aliphatic hydroxyl groups excluding tert-OH is 1. The van der Waals surface area contributed by atoms with Gasteiger partial charge in [-0.2, -0.15) is 0 Å². The molecule has 1 aliphatic heterocycles. The number of ether oxygens (including phenoxy) is 1. The monoisotopic (exact) mass is 351 g/mol. The van der Waals surface area contributed by atoms with Crippen molar-refractivity contribution in [2.75, 3.05) is 24.6 Å². The van der Waals surface area contributed by atoms with Gasteiger partial charge in [0, 0.05) is 13.1 Å². The molecule has 2 atom stereocenters. The zero-order valence-electron chi connectivity index (χ0n) is 9.39. The van der Waals surface area contributed by atoms with Crippen LogP contribution < -0.4 is 10.5 Å². The molecule has 1 aliphatic rings. The fourth-order valence-electron chi connectivity index (χ4n) is 1.91. The van der Waals surface area contributed by atoms with Gasteiger partial charge in [0.05, 0.1) is 25.1 Å². The Balaban J connectivity index is 2.27. The second kappa shape index (κ2) is 5.32. The molecule has 94 valence electrons. The van der Waals surface area contributed by atoms with E-state index in [4.69, 9.17) is 9.84 Å². The maximum atomic E-state index is 11.5. The maximum absolute atomic E-state index is 11.5. The molecule has 0 spiro atoms. The van der Waals surface area contributed by atoms with E-state index in [1.165, 1.54) is 6.33 Å². The van der Waals surface area contributed by atoms with E-state index in [9.17, 15) is 4.79 Å². The van der Waals surface area contributed by atoms with Gasteiger partial charge in [-0.3, -0.25) is 4.79 Å². The third-order valence-corrected chi connectivity index (χ3v) is 3.58. The van der Waals surface area contributed by atoms with Gasteiger partial charge < -0.3 is 19.7 Å². The highest BCUT2D eigenvalue weighted by molar-refractivity contribution is 14.1. The van der Waals surface area contributed by atoms with Crippen LogP contribution in [0.1, 0.15) is 6.92 Å². The summed E-state index contributed by atoms with van der Waals surface area (Å²) in [6.45, 7) is 3.13. The van der Waals surface area contributed by atoms with E-state index in [0.717, 1.165) is 0 Å². The Morgan fingerprint density at radius 1 is 1.71 bits per heavy atom. The normalized spacial score (nSPS) is 25.0. The van der Waals surface area contributed by atoms with Crippen LogP contribution in [0.5, 0.6) is 0 Å². The van der Waals surface area contributed by atoms with Gasteiger partial charge in [-0.05, 0) is 29.5 Å². The van der Waals surface area contributed by atoms with Gasteiger partial charge in [-0.15, -0.1) is 0 Å². The van der Waals surface area contributed by atoms with Crippen LogP contribution in [0.15, 0.2) is 11.1 Å². The van der Waals surface area contributed by atoms with Crippen LogP contribution in [0.2, 0.25) is 0 Å². The molecule has 0 aromatic carbocycles. The molecule has 17 heavy (non-hydrogen) atoms. The average Bonchev–Trinajstić information content (AvgIpc) is 2.31. The van der Waals surface area contributed by atoms with Crippen molar-refractivity contribution in [1.29, 1.82) is 0 Å². The quantitative estimate of drug-likeness (QED) is 0.732. The van der Waals surface area contributed by atoms with Crippen molar-refractivity contribution in [3.05, 3.63) is 20.3 Å². The molecular formula is C10H14IN3O3. The smallest absolute Gasteiger partial charge is 0.266 e. The summed E-state index contributed by atoms with van der Waals surface area (Å²) in [5.74, 6) is 0.656. The Kier molecular flexibility index (Phi) is 4.00. The number of aliphatic hydroxyl groups is 1. The molecule has 6 nitrogen and oxygen atoms in total. The third-order valence-electron chi connectivity index (χ3n) is 2.61. The lowest BCUT2D eigenvalue weighted by Gasteiger charge is -2.36. The number of hydrogen-bond donors (Lipinski definition) is 2. The van der Waals surface area contributed by atoms with Crippen molar-refractivity contribution in [3.8, 4) is 0 Å². The maximum Gasteiger partial charge on any atom is 0.266 e. The molecule has 2 N–H and O–H groups in total. The predicted molar refractivity (Wildman–Crippen MR) is 71.2 cm³/mol. The van der Waals surface area contributed by atoms with E-state index in [1.807, 2.05) is 34.4 Å². The highest BCUT2D eigenvalue weighted by Gasteiger charge is 2.27. The molecule has 0 aliphatic carbocycles. The van der Waals surface area contributed by atoms with Gasteiger partial charge in [-0.25, -0.2) is 4.98 Å². The number of nitrogens with zero attached hydrogens (tertiary/aromatic N) is 2. The summed E-state index contributed by atoms with van der Waals surface area (Å²) in [5, 5.41) is 9.16. The van der Waals surface area contributed by atoms with Crippen LogP contribution in [-0.4, -0.2) is 47.0 Å². The first-order valence-electron chi connectivity index (χ1n) is 5.36. The molecule has 1 aromatic rings. The fraction of sp³-hybridized carbons (Fsp3) is 0.600. The summed E-state index contributed by atoms with van der Waals surface area (Å²) >= 11 is 1.98. The highest BCUT2D eigenvalue weighted by Crippen LogP contribution is 2.20. The first-order valence-corrected chi connectivity index (χ1v) is 6.44. The van der Waals surface area contributed by atoms with Gasteiger partial charge in [0.15, 0.2) is 0 Å². The van der Waals surface area contributed by atoms with Crippen LogP contribution >= 0.6 is 22.6 Å². The fourth-order valence-corrected chi connectivity index (χ4v) is 2.55. The summed E-state index contributed by atoms with van der Waals surface area (Å²) in [7, 11) is 0. The summed E-state index contributed by atoms with van der Waals surface area (Å²) in [5.41, 5.74) is -0.143. The van der Waals surface area contributed by atoms with Crippen molar-refractivity contribution in [2.24, 2.45) is 0 Å². The number of aromatic amines is 1. The molecule has 2 rings (SSSR count). The molecule has 0 bridgehead atoms. The zero-order valence-corrected chi connectivity index (χ0v) is 11.5. The van der Waals surface area contributed by atoms with Crippen LogP contribution in [-0.2, 0) is 4.74 Å². The SMILES string of the molecule is CC1CN(c2nc[nH]c(=O)c2I)CC(CO)O1. The summed E-state index contributed by atoms with van der Waals surface area (Å²) in [6.07, 6.45) is 1.18. The van der Waals surface area contributed by atoms with Gasteiger partial charge in [0.25, 0.3) is 5.56 Å². The zero-order chi connectivity index (χ0) is 12.4. The van der Waals surface area contributed by atoms with Crippen LogP contribution in [0.4, 0.5) is 5.82 Å². The van der Waals surface area contributed by atoms with Gasteiger partial charge >= 0.3 is 0 Å². The summed E-state index contributed by atoms with van der Waals surface area (Å²) < 4.78 is 6.12. The topological polar surface area (TPSA) is 78.5 Å². The standard InChI is InChI=1S/C10H14IN3O3/c1-6-2-14(3-7(4-15)17-6)9-8(11)10(16)13-5-12-9/h5-7,15H,2-4H2,1H3,(H,12,13,16). The first kappa shape index (κ1) is 12.8. The van der Waals surface area contributed by atoms with Crippen molar-refractivity contribution in [3.63, 3.8) is 0 Å². The Labute approximate surface area is 112 Å². The molecule has 2 heterocycles. The number of H-pyrrole nitrogens is 1. The number of morpholine rings is 1. The minimum atomic E-state index is -0.226. The second-order valence-corrected chi connectivity index (χ2v) is 5.10. The molecule has 1 aromatic heterocycles. The molecule has 0 amide bonds. The largest absolute Gasteiger partial charge is 0.394 e. The molecular weight excluding hydrogens is 337 g/mol. The lowest BCUT2D eigenvalue weighted by Crippen LogP contribution is -2.49. The number of nitrogens with one attached hydrogen (secondary N) is 1. The first-order chi connectivity index (χ1) is 8.11. The van der Waals surface area contributed by atoms with Crippen molar-refractivity contribution >= 4 is 28.4 Å². The molecule has 1 saturated heterocycles. The van der Waals surface area contributed by atoms with Crippen molar-refractivity contribution in [2.45, 2.75) is 19.1 Å².